The van der Waals surface area contributed by atoms with Crippen molar-refractivity contribution >= 4 is 17.7 Å². The van der Waals surface area contributed by atoms with E-state index >= 15 is 0 Å². The van der Waals surface area contributed by atoms with E-state index in [-0.39, 0.29) is 24.2 Å². The zero-order valence-electron chi connectivity index (χ0n) is 14.4. The summed E-state index contributed by atoms with van der Waals surface area (Å²) in [5.74, 6) is -0.279. The summed E-state index contributed by atoms with van der Waals surface area (Å²) in [5.41, 5.74) is 7.58. The first-order valence-electron chi connectivity index (χ1n) is 8.14. The molecule has 25 heavy (non-hydrogen) atoms. The van der Waals surface area contributed by atoms with Gasteiger partial charge in [-0.2, -0.15) is 0 Å². The van der Waals surface area contributed by atoms with Crippen LogP contribution in [0.1, 0.15) is 34.7 Å². The number of nitrogens with one attached hydrogen (secondary N) is 1. The summed E-state index contributed by atoms with van der Waals surface area (Å²) in [6.45, 7) is 4.09. The van der Waals surface area contributed by atoms with Crippen LogP contribution in [0.4, 0.5) is 0 Å². The minimum absolute atomic E-state index is 0.0394. The van der Waals surface area contributed by atoms with Crippen LogP contribution < -0.4 is 11.1 Å². The number of allylic oxidation sites excluding steroid dienone is 6. The van der Waals surface area contributed by atoms with E-state index < -0.39 is 0 Å². The highest BCUT2D eigenvalue weighted by Gasteiger charge is 2.18. The van der Waals surface area contributed by atoms with E-state index in [2.05, 4.69) is 32.9 Å². The highest BCUT2D eigenvalue weighted by molar-refractivity contribution is 5.94. The molecule has 0 saturated heterocycles. The minimum atomic E-state index is -0.279. The molecule has 1 aliphatic carbocycles. The first-order chi connectivity index (χ1) is 12.2. The summed E-state index contributed by atoms with van der Waals surface area (Å²) >= 11 is 0. The molecule has 0 aromatic carbocycles. The van der Waals surface area contributed by atoms with Crippen LogP contribution in [0, 0.1) is 0 Å². The number of carbonyl (C=O) groups excluding carboxylic acids is 1. The zero-order valence-corrected chi connectivity index (χ0v) is 14.4. The lowest BCUT2D eigenvalue weighted by Gasteiger charge is -2.15. The molecule has 6 nitrogen and oxygen atoms in total. The maximum atomic E-state index is 12.6. The van der Waals surface area contributed by atoms with E-state index in [4.69, 9.17) is 5.73 Å². The molecule has 3 N–H and O–H groups in total. The van der Waals surface area contributed by atoms with E-state index in [0.717, 1.165) is 12.8 Å². The molecule has 0 aliphatic heterocycles. The van der Waals surface area contributed by atoms with Crippen molar-refractivity contribution in [3.8, 4) is 0 Å². The summed E-state index contributed by atoms with van der Waals surface area (Å²) in [4.78, 5) is 25.2. The third-order valence-electron chi connectivity index (χ3n) is 3.67. The van der Waals surface area contributed by atoms with Gasteiger partial charge in [0.2, 0.25) is 0 Å². The van der Waals surface area contributed by atoms with Gasteiger partial charge in [0.25, 0.3) is 5.91 Å². The summed E-state index contributed by atoms with van der Waals surface area (Å²) < 4.78 is 0. The van der Waals surface area contributed by atoms with Crippen molar-refractivity contribution in [3.63, 3.8) is 0 Å². The Hall–Kier alpha value is -2.86. The monoisotopic (exact) mass is 337 g/mol. The Kier molecular flexibility index (Phi) is 6.98. The fraction of sp³-hybridized carbons (Fsp3) is 0.263. The second kappa shape index (κ2) is 9.44. The number of nitrogens with zero attached hydrogens (tertiary/aromatic N) is 3. The van der Waals surface area contributed by atoms with E-state index in [0.29, 0.717) is 17.0 Å². The highest BCUT2D eigenvalue weighted by Crippen LogP contribution is 2.14. The Labute approximate surface area is 148 Å². The van der Waals surface area contributed by atoms with Gasteiger partial charge in [0.15, 0.2) is 5.69 Å². The van der Waals surface area contributed by atoms with Gasteiger partial charge in [0.1, 0.15) is 0 Å². The number of carbonyl (C=O) groups is 1. The van der Waals surface area contributed by atoms with Crippen molar-refractivity contribution in [2.24, 2.45) is 10.7 Å². The van der Waals surface area contributed by atoms with Gasteiger partial charge in [-0.15, -0.1) is 0 Å². The third kappa shape index (κ3) is 5.32. The van der Waals surface area contributed by atoms with Gasteiger partial charge in [-0.05, 0) is 24.5 Å². The number of nitrogens with two attached hydrogens (primary N) is 1. The summed E-state index contributed by atoms with van der Waals surface area (Å²) in [5, 5.41) is 2.98. The van der Waals surface area contributed by atoms with Crippen LogP contribution in [0.25, 0.3) is 5.57 Å². The molecule has 1 atom stereocenters. The molecule has 1 amide bonds. The molecule has 0 radical (unpaired) electrons. The molecule has 1 unspecified atom stereocenters. The first kappa shape index (κ1) is 18.5. The zero-order chi connectivity index (χ0) is 18.1. The largest absolute Gasteiger partial charge is 0.344 e. The van der Waals surface area contributed by atoms with Gasteiger partial charge < -0.3 is 11.1 Å². The van der Waals surface area contributed by atoms with Crippen molar-refractivity contribution in [1.82, 2.24) is 15.3 Å². The Morgan fingerprint density at radius 3 is 3.12 bits per heavy atom. The van der Waals surface area contributed by atoms with Gasteiger partial charge in [-0.1, -0.05) is 37.0 Å². The molecular formula is C19H23N5O. The van der Waals surface area contributed by atoms with Crippen LogP contribution in [0.15, 0.2) is 54.2 Å². The number of hydrogen-bond acceptors (Lipinski definition) is 5. The molecular weight excluding hydrogens is 314 g/mol. The molecule has 1 heterocycles. The van der Waals surface area contributed by atoms with Crippen LogP contribution in [0.2, 0.25) is 0 Å². The average Bonchev–Trinajstić information content (AvgIpc) is 2.89. The maximum Gasteiger partial charge on any atom is 0.272 e. The lowest BCUT2D eigenvalue weighted by molar-refractivity contribution is 0.0936. The summed E-state index contributed by atoms with van der Waals surface area (Å²) in [6.07, 6.45) is 16.4. The molecule has 6 heteroatoms. The average molecular weight is 337 g/mol. The Morgan fingerprint density at radius 2 is 2.36 bits per heavy atom. The topological polar surface area (TPSA) is 93.3 Å². The normalized spacial score (nSPS) is 17.1. The molecule has 2 rings (SSSR count). The van der Waals surface area contributed by atoms with E-state index in [1.807, 2.05) is 18.2 Å². The fourth-order valence-electron chi connectivity index (χ4n) is 2.33. The number of hydrogen-bond donors (Lipinski definition) is 2. The molecule has 1 aromatic heterocycles. The van der Waals surface area contributed by atoms with Gasteiger partial charge in [-0.3, -0.25) is 14.8 Å². The Bertz CT molecular complexity index is 746. The smallest absolute Gasteiger partial charge is 0.272 e. The molecule has 130 valence electrons. The quantitative estimate of drug-likeness (QED) is 0.615. The van der Waals surface area contributed by atoms with Gasteiger partial charge in [0.05, 0.1) is 17.6 Å². The Morgan fingerprint density at radius 1 is 1.52 bits per heavy atom. The first-order valence-corrected chi connectivity index (χ1v) is 8.14. The van der Waals surface area contributed by atoms with Crippen LogP contribution in [0.3, 0.4) is 0 Å². The lowest BCUT2D eigenvalue weighted by atomic mass is 10.1. The fourth-order valence-corrected chi connectivity index (χ4v) is 2.33. The predicted octanol–water partition coefficient (Wildman–Crippen LogP) is 2.21. The van der Waals surface area contributed by atoms with Gasteiger partial charge in [-0.25, -0.2) is 4.98 Å². The van der Waals surface area contributed by atoms with Crippen molar-refractivity contribution < 1.29 is 4.79 Å². The molecule has 1 aliphatic rings. The van der Waals surface area contributed by atoms with E-state index in [9.17, 15) is 4.79 Å². The molecule has 1 aromatic rings. The third-order valence-corrected chi connectivity index (χ3v) is 3.67. The number of aromatic nitrogens is 2. The molecule has 0 saturated carbocycles. The van der Waals surface area contributed by atoms with Gasteiger partial charge in [0, 0.05) is 25.8 Å². The summed E-state index contributed by atoms with van der Waals surface area (Å²) in [6, 6.07) is -0.0394. The number of aliphatic imine (C=N–C) groups is 1. The molecule has 0 bridgehead atoms. The standard InChI is InChI=1S/C19H23N5O/c1-14(8-7-11-21-2)17-13-22-16(12-20)18(24-17)19(25)23-15-9-5-3-4-6-10-15/h3-5,7-9,11,13,15H,1,6,10,12,20H2,2H3,(H,23,25)/b8-7-,21-11?. The minimum Gasteiger partial charge on any atom is -0.344 e. The highest BCUT2D eigenvalue weighted by atomic mass is 16.2. The SMILES string of the molecule is C=C(/C=C\C=NC)c1cnc(CN)c(C(=O)NC2C=CC=CCC2)n1. The van der Waals surface area contributed by atoms with Crippen molar-refractivity contribution in [3.05, 3.63) is 66.3 Å². The second-order valence-electron chi connectivity index (χ2n) is 5.52. The van der Waals surface area contributed by atoms with Crippen LogP contribution in [0.5, 0.6) is 0 Å². The van der Waals surface area contributed by atoms with E-state index in [1.165, 1.54) is 0 Å². The van der Waals surface area contributed by atoms with Crippen LogP contribution in [-0.2, 0) is 6.54 Å². The summed E-state index contributed by atoms with van der Waals surface area (Å²) in [7, 11) is 1.68. The van der Waals surface area contributed by atoms with Crippen LogP contribution >= 0.6 is 0 Å². The molecule has 0 fully saturated rings. The molecule has 0 spiro atoms. The lowest BCUT2D eigenvalue weighted by Crippen LogP contribution is -2.35. The van der Waals surface area contributed by atoms with Gasteiger partial charge >= 0.3 is 0 Å². The maximum absolute atomic E-state index is 12.6. The predicted molar refractivity (Wildman–Crippen MR) is 101 cm³/mol. The number of rotatable bonds is 6. The van der Waals surface area contributed by atoms with Crippen LogP contribution in [-0.4, -0.2) is 35.2 Å². The number of amides is 1. The van der Waals surface area contributed by atoms with Crippen molar-refractivity contribution in [2.45, 2.75) is 25.4 Å². The Balaban J connectivity index is 2.21. The van der Waals surface area contributed by atoms with Crippen molar-refractivity contribution in [1.29, 1.82) is 0 Å². The van der Waals surface area contributed by atoms with Crippen molar-refractivity contribution in [2.75, 3.05) is 7.05 Å². The second-order valence-corrected chi connectivity index (χ2v) is 5.52. The van der Waals surface area contributed by atoms with E-state index in [1.54, 1.807) is 31.6 Å².